The molecule has 5 heteroatoms. The van der Waals surface area contributed by atoms with Crippen LogP contribution in [0.25, 0.3) is 0 Å². The van der Waals surface area contributed by atoms with Gasteiger partial charge >= 0.3 is 11.9 Å². The molecule has 0 aliphatic carbocycles. The zero-order chi connectivity index (χ0) is 9.42. The van der Waals surface area contributed by atoms with Gasteiger partial charge in [0, 0.05) is 0 Å². The highest BCUT2D eigenvalue weighted by Gasteiger charge is 2.41. The topological polar surface area (TPSA) is 75.6 Å². The summed E-state index contributed by atoms with van der Waals surface area (Å²) in [5.74, 6) is -2.36. The molecule has 2 aliphatic rings. The van der Waals surface area contributed by atoms with E-state index < -0.39 is 11.9 Å². The van der Waals surface area contributed by atoms with Gasteiger partial charge in [0.2, 0.25) is 0 Å². The summed E-state index contributed by atoms with van der Waals surface area (Å²) in [6.07, 6.45) is 2.97. The van der Waals surface area contributed by atoms with Gasteiger partial charge in [0.1, 0.15) is 0 Å². The van der Waals surface area contributed by atoms with Gasteiger partial charge in [0.05, 0.1) is 18.2 Å². The van der Waals surface area contributed by atoms with Crippen molar-refractivity contribution in [2.24, 2.45) is 0 Å². The number of rotatable bonds is 1. The van der Waals surface area contributed by atoms with Crippen molar-refractivity contribution in [3.63, 3.8) is 0 Å². The Hall–Kier alpha value is -1.10. The van der Waals surface area contributed by atoms with E-state index in [1.54, 1.807) is 0 Å². The summed E-state index contributed by atoms with van der Waals surface area (Å²) in [6, 6.07) is -0.0950. The van der Waals surface area contributed by atoms with Gasteiger partial charge in [-0.1, -0.05) is 0 Å². The number of hydrogen-bond donors (Lipinski definition) is 2. The van der Waals surface area contributed by atoms with Crippen molar-refractivity contribution in [3.05, 3.63) is 0 Å². The molecule has 1 amide bonds. The molecule has 5 nitrogen and oxygen atoms in total. The molecule has 0 saturated carbocycles. The van der Waals surface area contributed by atoms with Crippen LogP contribution in [0.15, 0.2) is 0 Å². The lowest BCUT2D eigenvalue weighted by molar-refractivity contribution is -0.150. The second kappa shape index (κ2) is 2.99. The first kappa shape index (κ1) is 8.50. The average Bonchev–Trinajstić information content (AvgIpc) is 2.64. The number of fused-ring (bicyclic) bond motifs is 2. The summed E-state index contributed by atoms with van der Waals surface area (Å²) in [4.78, 5) is 21.0. The quantitative estimate of drug-likeness (QED) is 0.540. The van der Waals surface area contributed by atoms with Crippen LogP contribution >= 0.6 is 0 Å². The molecular weight excluding hydrogens is 174 g/mol. The minimum absolute atomic E-state index is 0.0355. The van der Waals surface area contributed by atoms with E-state index in [1.807, 2.05) is 0 Å². The largest absolute Gasteiger partial charge is 0.474 e. The average molecular weight is 185 g/mol. The third kappa shape index (κ3) is 1.51. The van der Waals surface area contributed by atoms with Gasteiger partial charge < -0.3 is 15.2 Å². The Morgan fingerprint density at radius 2 is 2.15 bits per heavy atom. The number of carbonyl (C=O) groups is 2. The van der Waals surface area contributed by atoms with E-state index in [2.05, 4.69) is 5.32 Å². The van der Waals surface area contributed by atoms with Gasteiger partial charge in [-0.05, 0) is 19.3 Å². The first-order chi connectivity index (χ1) is 6.16. The summed E-state index contributed by atoms with van der Waals surface area (Å²) in [5, 5.41) is 10.8. The molecule has 2 bridgehead atoms. The summed E-state index contributed by atoms with van der Waals surface area (Å²) >= 11 is 0. The van der Waals surface area contributed by atoms with Crippen molar-refractivity contribution in [1.29, 1.82) is 0 Å². The third-order valence-corrected chi connectivity index (χ3v) is 2.62. The zero-order valence-corrected chi connectivity index (χ0v) is 7.03. The highest BCUT2D eigenvalue weighted by Crippen LogP contribution is 2.34. The predicted molar refractivity (Wildman–Crippen MR) is 42.1 cm³/mol. The van der Waals surface area contributed by atoms with Crippen molar-refractivity contribution in [2.45, 2.75) is 37.5 Å². The van der Waals surface area contributed by atoms with Crippen LogP contribution < -0.4 is 5.32 Å². The van der Waals surface area contributed by atoms with Crippen molar-refractivity contribution < 1.29 is 19.4 Å². The Labute approximate surface area is 75.1 Å². The fraction of sp³-hybridized carbons (Fsp3) is 0.750. The van der Waals surface area contributed by atoms with Crippen LogP contribution in [0.5, 0.6) is 0 Å². The number of aliphatic carboxylic acids is 1. The van der Waals surface area contributed by atoms with Crippen molar-refractivity contribution in [3.8, 4) is 0 Å². The summed E-state index contributed by atoms with van der Waals surface area (Å²) in [7, 11) is 0. The van der Waals surface area contributed by atoms with Crippen molar-refractivity contribution in [2.75, 3.05) is 0 Å². The Balaban J connectivity index is 1.90. The lowest BCUT2D eigenvalue weighted by atomic mass is 9.95. The van der Waals surface area contributed by atoms with Crippen LogP contribution in [0, 0.1) is 0 Å². The maximum absolute atomic E-state index is 10.8. The van der Waals surface area contributed by atoms with Crippen LogP contribution in [0.4, 0.5) is 0 Å². The molecule has 0 spiro atoms. The van der Waals surface area contributed by atoms with Crippen LogP contribution in [-0.4, -0.2) is 35.2 Å². The van der Waals surface area contributed by atoms with Crippen LogP contribution in [0.2, 0.25) is 0 Å². The van der Waals surface area contributed by atoms with Crippen LogP contribution in [0.3, 0.4) is 0 Å². The molecule has 3 unspecified atom stereocenters. The summed E-state index contributed by atoms with van der Waals surface area (Å²) < 4.78 is 5.46. The monoisotopic (exact) mass is 185 g/mol. The second-order valence-electron chi connectivity index (χ2n) is 3.49. The number of ether oxygens (including phenoxy) is 1. The lowest BCUT2D eigenvalue weighted by Gasteiger charge is -2.18. The Bertz CT molecular complexity index is 253. The smallest absolute Gasteiger partial charge is 0.394 e. The molecular formula is C8H11NO4. The van der Waals surface area contributed by atoms with E-state index in [-0.39, 0.29) is 18.2 Å². The number of carboxylic acids is 1. The molecule has 0 aromatic rings. The number of amides is 1. The molecule has 0 aromatic carbocycles. The van der Waals surface area contributed by atoms with E-state index in [0.29, 0.717) is 0 Å². The molecule has 0 radical (unpaired) electrons. The third-order valence-electron chi connectivity index (χ3n) is 2.62. The SMILES string of the molecule is O=C(O)C(=O)NC1CC2CCC1O2. The van der Waals surface area contributed by atoms with Crippen LogP contribution in [0.1, 0.15) is 19.3 Å². The van der Waals surface area contributed by atoms with Crippen molar-refractivity contribution >= 4 is 11.9 Å². The molecule has 2 N–H and O–H groups in total. The fourth-order valence-corrected chi connectivity index (χ4v) is 2.02. The van der Waals surface area contributed by atoms with E-state index >= 15 is 0 Å². The van der Waals surface area contributed by atoms with Gasteiger partial charge in [-0.25, -0.2) is 4.79 Å². The van der Waals surface area contributed by atoms with Crippen molar-refractivity contribution in [1.82, 2.24) is 5.32 Å². The molecule has 2 aliphatic heterocycles. The second-order valence-corrected chi connectivity index (χ2v) is 3.49. The van der Waals surface area contributed by atoms with Gasteiger partial charge in [-0.3, -0.25) is 4.79 Å². The Kier molecular flexibility index (Phi) is 1.95. The van der Waals surface area contributed by atoms with E-state index in [4.69, 9.17) is 9.84 Å². The Morgan fingerprint density at radius 1 is 1.38 bits per heavy atom. The highest BCUT2D eigenvalue weighted by atomic mass is 16.5. The number of hydrogen-bond acceptors (Lipinski definition) is 3. The van der Waals surface area contributed by atoms with E-state index in [1.165, 1.54) is 0 Å². The number of nitrogens with one attached hydrogen (secondary N) is 1. The normalized spacial score (nSPS) is 36.2. The predicted octanol–water partition coefficient (Wildman–Crippen LogP) is -0.493. The molecule has 2 rings (SSSR count). The number of carbonyl (C=O) groups excluding carboxylic acids is 1. The number of carboxylic acid groups (broad SMARTS) is 1. The molecule has 2 heterocycles. The van der Waals surface area contributed by atoms with Gasteiger partial charge in [-0.2, -0.15) is 0 Å². The summed E-state index contributed by atoms with van der Waals surface area (Å²) in [5.41, 5.74) is 0. The first-order valence-electron chi connectivity index (χ1n) is 4.36. The lowest BCUT2D eigenvalue weighted by Crippen LogP contribution is -2.44. The molecule has 2 saturated heterocycles. The summed E-state index contributed by atoms with van der Waals surface area (Å²) in [6.45, 7) is 0. The molecule has 13 heavy (non-hydrogen) atoms. The molecule has 3 atom stereocenters. The first-order valence-corrected chi connectivity index (χ1v) is 4.36. The van der Waals surface area contributed by atoms with E-state index in [9.17, 15) is 9.59 Å². The van der Waals surface area contributed by atoms with E-state index in [0.717, 1.165) is 19.3 Å². The fourth-order valence-electron chi connectivity index (χ4n) is 2.02. The maximum Gasteiger partial charge on any atom is 0.394 e. The highest BCUT2D eigenvalue weighted by molar-refractivity contribution is 6.31. The molecule has 2 fully saturated rings. The van der Waals surface area contributed by atoms with Gasteiger partial charge in [-0.15, -0.1) is 0 Å². The van der Waals surface area contributed by atoms with Gasteiger partial charge in [0.25, 0.3) is 0 Å². The minimum atomic E-state index is -1.43. The minimum Gasteiger partial charge on any atom is -0.474 e. The van der Waals surface area contributed by atoms with Gasteiger partial charge in [0.15, 0.2) is 0 Å². The molecule has 72 valence electrons. The standard InChI is InChI=1S/C8H11NO4/c10-7(8(11)12)9-5-3-4-1-2-6(5)13-4/h4-6H,1-3H2,(H,9,10)(H,11,12). The molecule has 0 aromatic heterocycles. The zero-order valence-electron chi connectivity index (χ0n) is 7.03. The maximum atomic E-state index is 10.8. The Morgan fingerprint density at radius 3 is 2.62 bits per heavy atom. The van der Waals surface area contributed by atoms with Crippen LogP contribution in [-0.2, 0) is 14.3 Å².